The third-order valence-electron chi connectivity index (χ3n) is 2.44. The number of rotatable bonds is 5. The van der Waals surface area contributed by atoms with Crippen molar-refractivity contribution in [1.29, 1.82) is 0 Å². The van der Waals surface area contributed by atoms with E-state index in [1.165, 1.54) is 24.3 Å². The van der Waals surface area contributed by atoms with Gasteiger partial charge >= 0.3 is 5.95 Å². The van der Waals surface area contributed by atoms with Gasteiger partial charge in [-0.3, -0.25) is 4.79 Å². The number of hydrogen-bond acceptors (Lipinski definition) is 8. The third kappa shape index (κ3) is 3.82. The first kappa shape index (κ1) is 15.0. The molecule has 22 heavy (non-hydrogen) atoms. The van der Waals surface area contributed by atoms with Gasteiger partial charge in [0, 0.05) is 10.8 Å². The summed E-state index contributed by atoms with van der Waals surface area (Å²) in [4.78, 5) is 22.4. The van der Waals surface area contributed by atoms with Crippen molar-refractivity contribution in [2.45, 2.75) is 13.5 Å². The molecule has 0 fully saturated rings. The predicted octanol–water partition coefficient (Wildman–Crippen LogP) is -0.539. The summed E-state index contributed by atoms with van der Waals surface area (Å²) in [6, 6.07) is 5.30. The predicted molar refractivity (Wildman–Crippen MR) is 70.9 cm³/mol. The smallest absolute Gasteiger partial charge is 0.514 e. The Morgan fingerprint density at radius 1 is 1.41 bits per heavy atom. The van der Waals surface area contributed by atoms with E-state index in [0.29, 0.717) is 5.71 Å². The Bertz CT molecular complexity index is 722. The van der Waals surface area contributed by atoms with Gasteiger partial charge in [0.05, 0.1) is 15.9 Å². The minimum absolute atomic E-state index is 0.0284. The van der Waals surface area contributed by atoms with E-state index in [1.807, 2.05) is 0 Å². The number of carbonyl (C=O) groups excluding carboxylic acids is 1. The van der Waals surface area contributed by atoms with Crippen molar-refractivity contribution < 1.29 is 14.8 Å². The number of nitrogens with one attached hydrogen (secondary N) is 1. The number of benzene rings is 1. The zero-order valence-corrected chi connectivity index (χ0v) is 11.3. The van der Waals surface area contributed by atoms with Gasteiger partial charge in [0.1, 0.15) is 6.54 Å². The molecule has 2 rings (SSSR count). The van der Waals surface area contributed by atoms with Crippen LogP contribution < -0.4 is 10.5 Å². The first-order valence-electron chi connectivity index (χ1n) is 5.98. The van der Waals surface area contributed by atoms with Crippen LogP contribution >= 0.6 is 0 Å². The van der Waals surface area contributed by atoms with E-state index in [4.69, 9.17) is 0 Å². The lowest BCUT2D eigenvalue weighted by Crippen LogP contribution is -2.21. The van der Waals surface area contributed by atoms with Gasteiger partial charge in [-0.1, -0.05) is 29.1 Å². The van der Waals surface area contributed by atoms with E-state index in [1.54, 1.807) is 6.92 Å². The van der Waals surface area contributed by atoms with Crippen molar-refractivity contribution >= 4 is 17.6 Å². The molecule has 11 heteroatoms. The van der Waals surface area contributed by atoms with E-state index < -0.39 is 16.8 Å². The maximum Gasteiger partial charge on any atom is 0.514 e. The second-order valence-electron chi connectivity index (χ2n) is 4.19. The molecular weight excluding hydrogens is 294 g/mol. The molecule has 11 nitrogen and oxygen atoms in total. The quantitative estimate of drug-likeness (QED) is 0.442. The number of hydrogen-bond donors (Lipinski definition) is 1. The molecule has 0 saturated carbocycles. The van der Waals surface area contributed by atoms with Crippen LogP contribution in [0.2, 0.25) is 0 Å². The highest BCUT2D eigenvalue weighted by molar-refractivity contribution is 5.95. The Kier molecular flexibility index (Phi) is 4.36. The summed E-state index contributed by atoms with van der Waals surface area (Å²) < 4.78 is 0. The lowest BCUT2D eigenvalue weighted by molar-refractivity contribution is -0.394. The van der Waals surface area contributed by atoms with Crippen molar-refractivity contribution in [2.24, 2.45) is 5.10 Å². The van der Waals surface area contributed by atoms with Gasteiger partial charge in [0.25, 0.3) is 5.91 Å². The monoisotopic (exact) mass is 304 g/mol. The summed E-state index contributed by atoms with van der Waals surface area (Å²) in [5.41, 5.74) is 2.98. The maximum absolute atomic E-state index is 11.7. The van der Waals surface area contributed by atoms with E-state index >= 15 is 0 Å². The SMILES string of the molecule is C/C(Cn1nnc([N+](=O)[O-])n1)=N\NC(=O)c1ccc([O-])cc1. The van der Waals surface area contributed by atoms with Crippen LogP contribution in [-0.2, 0) is 6.54 Å². The van der Waals surface area contributed by atoms with Gasteiger partial charge in [0.2, 0.25) is 0 Å². The molecule has 0 unspecified atom stereocenters. The van der Waals surface area contributed by atoms with Crippen LogP contribution in [-0.4, -0.2) is 36.7 Å². The molecule has 1 aromatic carbocycles. The summed E-state index contributed by atoms with van der Waals surface area (Å²) in [7, 11) is 0. The first-order chi connectivity index (χ1) is 10.5. The number of hydrazone groups is 1. The van der Waals surface area contributed by atoms with Gasteiger partial charge in [0.15, 0.2) is 0 Å². The minimum Gasteiger partial charge on any atom is -0.872 e. The normalized spacial score (nSPS) is 11.2. The lowest BCUT2D eigenvalue weighted by Gasteiger charge is -2.05. The average Bonchev–Trinajstić information content (AvgIpc) is 2.94. The number of nitro groups is 1. The molecule has 0 atom stereocenters. The topological polar surface area (TPSA) is 151 Å². The second kappa shape index (κ2) is 6.39. The van der Waals surface area contributed by atoms with Crippen LogP contribution in [0, 0.1) is 10.1 Å². The summed E-state index contributed by atoms with van der Waals surface area (Å²) >= 11 is 0. The summed E-state index contributed by atoms with van der Waals surface area (Å²) in [5, 5.41) is 35.4. The molecule has 0 bridgehead atoms. The fourth-order valence-electron chi connectivity index (χ4n) is 1.43. The highest BCUT2D eigenvalue weighted by Gasteiger charge is 2.15. The highest BCUT2D eigenvalue weighted by Crippen LogP contribution is 2.06. The lowest BCUT2D eigenvalue weighted by atomic mass is 10.2. The molecule has 1 N–H and O–H groups in total. The molecule has 0 aliphatic carbocycles. The molecule has 1 heterocycles. The zero-order chi connectivity index (χ0) is 16.1. The Labute approximate surface area is 123 Å². The summed E-state index contributed by atoms with van der Waals surface area (Å²) in [6.45, 7) is 1.61. The van der Waals surface area contributed by atoms with Crippen LogP contribution in [0.5, 0.6) is 5.75 Å². The van der Waals surface area contributed by atoms with Crippen molar-refractivity contribution in [1.82, 2.24) is 25.6 Å². The second-order valence-corrected chi connectivity index (χ2v) is 4.19. The molecule has 2 aromatic rings. The van der Waals surface area contributed by atoms with Gasteiger partial charge in [-0.25, -0.2) is 5.43 Å². The Balaban J connectivity index is 1.95. The van der Waals surface area contributed by atoms with Gasteiger partial charge in [-0.05, 0) is 11.8 Å². The van der Waals surface area contributed by atoms with Crippen molar-refractivity contribution in [2.75, 3.05) is 0 Å². The van der Waals surface area contributed by atoms with Crippen LogP contribution in [0.4, 0.5) is 5.95 Å². The Hall–Kier alpha value is -3.37. The molecular formula is C11H10N7O4-. The molecule has 0 spiro atoms. The van der Waals surface area contributed by atoms with E-state index in [0.717, 1.165) is 4.80 Å². The molecule has 1 amide bonds. The molecule has 0 radical (unpaired) electrons. The van der Waals surface area contributed by atoms with Gasteiger partial charge < -0.3 is 15.2 Å². The number of carbonyl (C=O) groups is 1. The zero-order valence-electron chi connectivity index (χ0n) is 11.3. The van der Waals surface area contributed by atoms with E-state index in [9.17, 15) is 20.0 Å². The first-order valence-corrected chi connectivity index (χ1v) is 5.98. The standard InChI is InChI=1S/C11H11N7O4/c1-7(6-17-15-11(14-16-17)18(21)22)12-13-10(20)8-2-4-9(19)5-3-8/h2-5,19H,6H2,1H3,(H,13,20)/p-1/b12-7+. The van der Waals surface area contributed by atoms with Crippen LogP contribution in [0.15, 0.2) is 29.4 Å². The van der Waals surface area contributed by atoms with E-state index in [2.05, 4.69) is 25.9 Å². The van der Waals surface area contributed by atoms with Crippen LogP contribution in [0.3, 0.4) is 0 Å². The van der Waals surface area contributed by atoms with Crippen LogP contribution in [0.1, 0.15) is 17.3 Å². The third-order valence-corrected chi connectivity index (χ3v) is 2.44. The van der Waals surface area contributed by atoms with Crippen molar-refractivity contribution in [3.63, 3.8) is 0 Å². The van der Waals surface area contributed by atoms with Crippen molar-refractivity contribution in [3.05, 3.63) is 39.9 Å². The molecule has 0 saturated heterocycles. The largest absolute Gasteiger partial charge is 0.872 e. The fourth-order valence-corrected chi connectivity index (χ4v) is 1.43. The summed E-state index contributed by atoms with van der Waals surface area (Å²) in [5.74, 6) is -1.30. The molecule has 0 aliphatic heterocycles. The Morgan fingerprint density at radius 2 is 2.09 bits per heavy atom. The minimum atomic E-state index is -0.766. The maximum atomic E-state index is 11.7. The number of nitrogens with zero attached hydrogens (tertiary/aromatic N) is 6. The molecule has 0 aliphatic rings. The van der Waals surface area contributed by atoms with Crippen LogP contribution in [0.25, 0.3) is 0 Å². The van der Waals surface area contributed by atoms with Crippen molar-refractivity contribution in [3.8, 4) is 5.75 Å². The number of amides is 1. The van der Waals surface area contributed by atoms with Gasteiger partial charge in [-0.2, -0.15) is 5.10 Å². The Morgan fingerprint density at radius 3 is 2.68 bits per heavy atom. The number of aromatic nitrogens is 4. The fraction of sp³-hybridized carbons (Fsp3) is 0.182. The number of tetrazole rings is 1. The molecule has 1 aromatic heterocycles. The highest BCUT2D eigenvalue weighted by atomic mass is 16.6. The summed E-state index contributed by atoms with van der Waals surface area (Å²) in [6.07, 6.45) is 0. The van der Waals surface area contributed by atoms with Gasteiger partial charge in [-0.15, -0.1) is 5.75 Å². The van der Waals surface area contributed by atoms with E-state index in [-0.39, 0.29) is 17.9 Å². The average molecular weight is 304 g/mol. The molecule has 114 valence electrons.